The maximum Gasteiger partial charge on any atom is 0.241 e. The molecule has 1 spiro atoms. The molecule has 6 heteroatoms. The summed E-state index contributed by atoms with van der Waals surface area (Å²) in [7, 11) is 0. The van der Waals surface area contributed by atoms with Gasteiger partial charge in [-0.25, -0.2) is 0 Å². The third-order valence-electron chi connectivity index (χ3n) is 6.47. The van der Waals surface area contributed by atoms with Crippen LogP contribution in [0.1, 0.15) is 24.8 Å². The van der Waals surface area contributed by atoms with E-state index in [1.165, 1.54) is 0 Å². The molecule has 1 aromatic rings. The maximum atomic E-state index is 14.0. The van der Waals surface area contributed by atoms with E-state index in [4.69, 9.17) is 5.73 Å². The molecule has 2 atom stereocenters. The quantitative estimate of drug-likeness (QED) is 0.790. The average Bonchev–Trinajstić information content (AvgIpc) is 3.00. The number of benzene rings is 1. The lowest BCUT2D eigenvalue weighted by molar-refractivity contribution is -0.127. The van der Waals surface area contributed by atoms with Crippen LogP contribution < -0.4 is 10.6 Å². The highest BCUT2D eigenvalue weighted by molar-refractivity contribution is 6.11. The van der Waals surface area contributed by atoms with Crippen molar-refractivity contribution in [3.63, 3.8) is 0 Å². The van der Waals surface area contributed by atoms with Gasteiger partial charge in [-0.05, 0) is 36.5 Å². The second kappa shape index (κ2) is 6.36. The third-order valence-corrected chi connectivity index (χ3v) is 6.47. The number of allylic oxidation sites excluding steroid dienone is 4. The van der Waals surface area contributed by atoms with E-state index in [0.29, 0.717) is 23.2 Å². The van der Waals surface area contributed by atoms with Crippen molar-refractivity contribution in [1.82, 2.24) is 0 Å². The first-order chi connectivity index (χ1) is 14.0. The van der Waals surface area contributed by atoms with Crippen molar-refractivity contribution in [3.05, 3.63) is 65.4 Å². The van der Waals surface area contributed by atoms with Crippen molar-refractivity contribution in [1.29, 1.82) is 15.8 Å². The zero-order valence-electron chi connectivity index (χ0n) is 15.9. The van der Waals surface area contributed by atoms with Crippen molar-refractivity contribution < 1.29 is 4.79 Å². The van der Waals surface area contributed by atoms with Gasteiger partial charge in [0.1, 0.15) is 11.5 Å². The van der Waals surface area contributed by atoms with Gasteiger partial charge in [0.25, 0.3) is 0 Å². The Morgan fingerprint density at radius 3 is 2.66 bits per heavy atom. The molecule has 0 fully saturated rings. The highest BCUT2D eigenvalue weighted by atomic mass is 16.2. The second-order valence-corrected chi connectivity index (χ2v) is 7.55. The molecule has 0 radical (unpaired) electrons. The maximum absolute atomic E-state index is 14.0. The SMILES string of the molecule is C=CCN1C(=O)[C@]2(c3ccccc31)[C@H]1CCCC=C1C(C#N)=C(N)C2(C#N)C#N. The Hall–Kier alpha value is -3.82. The Labute approximate surface area is 169 Å². The van der Waals surface area contributed by atoms with Crippen molar-refractivity contribution in [2.45, 2.75) is 24.7 Å². The van der Waals surface area contributed by atoms with E-state index in [0.717, 1.165) is 12.8 Å². The van der Waals surface area contributed by atoms with Gasteiger partial charge in [-0.1, -0.05) is 30.4 Å². The molecule has 142 valence electrons. The fourth-order valence-corrected chi connectivity index (χ4v) is 5.36. The molecule has 6 nitrogen and oxygen atoms in total. The van der Waals surface area contributed by atoms with E-state index in [9.17, 15) is 20.6 Å². The molecule has 0 saturated carbocycles. The zero-order valence-corrected chi connectivity index (χ0v) is 15.9. The Balaban J connectivity index is 2.19. The lowest BCUT2D eigenvalue weighted by Crippen LogP contribution is -2.61. The number of nitrogens with zero attached hydrogens (tertiary/aromatic N) is 4. The normalized spacial score (nSPS) is 26.7. The van der Waals surface area contributed by atoms with Gasteiger partial charge in [-0.2, -0.15) is 15.8 Å². The first-order valence-electron chi connectivity index (χ1n) is 9.50. The molecule has 0 bridgehead atoms. The topological polar surface area (TPSA) is 118 Å². The van der Waals surface area contributed by atoms with E-state index in [-0.39, 0.29) is 23.7 Å². The number of anilines is 1. The minimum Gasteiger partial charge on any atom is -0.399 e. The van der Waals surface area contributed by atoms with E-state index in [2.05, 4.69) is 24.8 Å². The lowest BCUT2D eigenvalue weighted by atomic mass is 9.47. The number of amides is 1. The van der Waals surface area contributed by atoms with Gasteiger partial charge in [0, 0.05) is 18.2 Å². The van der Waals surface area contributed by atoms with Crippen LogP contribution >= 0.6 is 0 Å². The van der Waals surface area contributed by atoms with Crippen LogP contribution in [0, 0.1) is 45.3 Å². The summed E-state index contributed by atoms with van der Waals surface area (Å²) in [6.45, 7) is 4.01. The molecule has 0 aromatic heterocycles. The van der Waals surface area contributed by atoms with Gasteiger partial charge in [-0.15, -0.1) is 6.58 Å². The van der Waals surface area contributed by atoms with Gasteiger partial charge in [0.2, 0.25) is 11.3 Å². The van der Waals surface area contributed by atoms with Gasteiger partial charge in [0.05, 0.1) is 23.4 Å². The molecule has 1 amide bonds. The Bertz CT molecular complexity index is 1110. The number of fused-ring (bicyclic) bond motifs is 4. The second-order valence-electron chi connectivity index (χ2n) is 7.55. The highest BCUT2D eigenvalue weighted by Crippen LogP contribution is 2.64. The number of nitrogens with two attached hydrogens (primary N) is 1. The predicted octanol–water partition coefficient (Wildman–Crippen LogP) is 2.97. The van der Waals surface area contributed by atoms with Crippen molar-refractivity contribution in [3.8, 4) is 18.2 Å². The highest BCUT2D eigenvalue weighted by Gasteiger charge is 2.72. The van der Waals surface area contributed by atoms with Crippen LogP contribution in [0.5, 0.6) is 0 Å². The van der Waals surface area contributed by atoms with Crippen LogP contribution in [0.15, 0.2) is 59.8 Å². The standard InChI is InChI=1S/C23H19N5O/c1-2-11-28-19-10-6-5-9-18(19)23(21(28)29)17-8-4-3-7-15(17)16(12-24)20(27)22(23,13-25)14-26/h2,5-7,9-10,17H,1,3-4,8,11,27H2/t17-,23+/m0/s1. The zero-order chi connectivity index (χ0) is 20.8. The fraction of sp³-hybridized carbons (Fsp3) is 0.304. The summed E-state index contributed by atoms with van der Waals surface area (Å²) in [4.78, 5) is 15.6. The number of hydrogen-bond acceptors (Lipinski definition) is 5. The molecule has 1 heterocycles. The largest absolute Gasteiger partial charge is 0.399 e. The van der Waals surface area contributed by atoms with Crippen LogP contribution in [0.3, 0.4) is 0 Å². The summed E-state index contributed by atoms with van der Waals surface area (Å²) >= 11 is 0. The molecule has 3 aliphatic rings. The molecule has 0 saturated heterocycles. The van der Waals surface area contributed by atoms with E-state index >= 15 is 0 Å². The summed E-state index contributed by atoms with van der Waals surface area (Å²) in [6, 6.07) is 13.5. The van der Waals surface area contributed by atoms with Crippen LogP contribution in [-0.4, -0.2) is 12.5 Å². The molecule has 2 aliphatic carbocycles. The fourth-order valence-electron chi connectivity index (χ4n) is 5.36. The monoisotopic (exact) mass is 381 g/mol. The average molecular weight is 381 g/mol. The molecule has 29 heavy (non-hydrogen) atoms. The molecular formula is C23H19N5O. The summed E-state index contributed by atoms with van der Waals surface area (Å²) < 4.78 is 0. The molecule has 2 N–H and O–H groups in total. The van der Waals surface area contributed by atoms with Crippen molar-refractivity contribution >= 4 is 11.6 Å². The Morgan fingerprint density at radius 1 is 1.28 bits per heavy atom. The number of rotatable bonds is 2. The van der Waals surface area contributed by atoms with Crippen LogP contribution in [-0.2, 0) is 10.2 Å². The summed E-state index contributed by atoms with van der Waals surface area (Å²) in [6.07, 6.45) is 5.72. The van der Waals surface area contributed by atoms with E-state index in [1.807, 2.05) is 18.2 Å². The van der Waals surface area contributed by atoms with Gasteiger partial charge >= 0.3 is 0 Å². The Kier molecular flexibility index (Phi) is 4.07. The first-order valence-corrected chi connectivity index (χ1v) is 9.50. The molecule has 0 unspecified atom stereocenters. The lowest BCUT2D eigenvalue weighted by Gasteiger charge is -2.49. The Morgan fingerprint density at radius 2 is 2.00 bits per heavy atom. The summed E-state index contributed by atoms with van der Waals surface area (Å²) in [5.41, 5.74) is 4.90. The predicted molar refractivity (Wildman–Crippen MR) is 107 cm³/mol. The molecule has 1 aromatic carbocycles. The number of carbonyl (C=O) groups excluding carboxylic acids is 1. The number of hydrogen-bond donors (Lipinski definition) is 1. The number of carbonyl (C=O) groups is 1. The summed E-state index contributed by atoms with van der Waals surface area (Å²) in [5.74, 6) is -0.805. The van der Waals surface area contributed by atoms with Crippen molar-refractivity contribution in [2.24, 2.45) is 17.1 Å². The van der Waals surface area contributed by atoms with E-state index < -0.39 is 16.7 Å². The van der Waals surface area contributed by atoms with Gasteiger partial charge in [0.15, 0.2) is 0 Å². The van der Waals surface area contributed by atoms with Gasteiger partial charge in [-0.3, -0.25) is 4.79 Å². The van der Waals surface area contributed by atoms with Gasteiger partial charge < -0.3 is 10.6 Å². The van der Waals surface area contributed by atoms with Crippen LogP contribution in [0.4, 0.5) is 5.69 Å². The number of para-hydroxylation sites is 1. The smallest absolute Gasteiger partial charge is 0.241 e. The summed E-state index contributed by atoms with van der Waals surface area (Å²) in [5, 5.41) is 30.4. The van der Waals surface area contributed by atoms with Crippen LogP contribution in [0.2, 0.25) is 0 Å². The van der Waals surface area contributed by atoms with Crippen molar-refractivity contribution in [2.75, 3.05) is 11.4 Å². The van der Waals surface area contributed by atoms with Crippen LogP contribution in [0.25, 0.3) is 0 Å². The third kappa shape index (κ3) is 1.95. The van der Waals surface area contributed by atoms with E-state index in [1.54, 1.807) is 23.1 Å². The molecule has 1 aliphatic heterocycles. The number of nitriles is 3. The minimum atomic E-state index is -1.97. The molecular weight excluding hydrogens is 362 g/mol. The molecule has 4 rings (SSSR count). The first kappa shape index (κ1) is 18.5. The minimum absolute atomic E-state index is 0.127.